The third kappa shape index (κ3) is 2.18. The van der Waals surface area contributed by atoms with Crippen LogP contribution in [0.25, 0.3) is 16.7 Å². The van der Waals surface area contributed by atoms with Gasteiger partial charge in [0.05, 0.1) is 16.9 Å². The zero-order chi connectivity index (χ0) is 14.3. The Hall–Kier alpha value is -1.87. The largest absolute Gasteiger partial charge is 0.295 e. The van der Waals surface area contributed by atoms with Crippen molar-refractivity contribution < 1.29 is 4.39 Å². The van der Waals surface area contributed by atoms with Gasteiger partial charge in [-0.1, -0.05) is 6.07 Å². The average molecular weight is 289 g/mol. The van der Waals surface area contributed by atoms with Gasteiger partial charge in [-0.25, -0.2) is 9.37 Å². The topological polar surface area (TPSA) is 17.8 Å². The second-order valence-electron chi connectivity index (χ2n) is 4.98. The van der Waals surface area contributed by atoms with Gasteiger partial charge < -0.3 is 0 Å². The molecule has 0 fully saturated rings. The molecule has 2 nitrogen and oxygen atoms in total. The first-order chi connectivity index (χ1) is 9.58. The number of nitrogens with zero attached hydrogens (tertiary/aromatic N) is 2. The van der Waals surface area contributed by atoms with Crippen LogP contribution in [0.5, 0.6) is 0 Å². The summed E-state index contributed by atoms with van der Waals surface area (Å²) in [5, 5.41) is 0. The molecule has 0 saturated heterocycles. The maximum absolute atomic E-state index is 13.3. The molecule has 0 unspecified atom stereocenters. The van der Waals surface area contributed by atoms with Crippen LogP contribution in [0.4, 0.5) is 4.39 Å². The fourth-order valence-corrected chi connectivity index (χ4v) is 2.74. The third-order valence-electron chi connectivity index (χ3n) is 3.27. The van der Waals surface area contributed by atoms with Gasteiger partial charge in [-0.15, -0.1) is 11.6 Å². The van der Waals surface area contributed by atoms with Crippen molar-refractivity contribution in [1.29, 1.82) is 0 Å². The molecule has 0 radical (unpaired) electrons. The third-order valence-corrected chi connectivity index (χ3v) is 3.51. The zero-order valence-electron chi connectivity index (χ0n) is 11.3. The Kier molecular flexibility index (Phi) is 3.22. The summed E-state index contributed by atoms with van der Waals surface area (Å²) in [5.74, 6) is 0.712. The van der Waals surface area contributed by atoms with Gasteiger partial charge in [0.25, 0.3) is 0 Å². The summed E-state index contributed by atoms with van der Waals surface area (Å²) in [6, 6.07) is 10.9. The lowest BCUT2D eigenvalue weighted by Crippen LogP contribution is -2.00. The van der Waals surface area contributed by atoms with Crippen LogP contribution in [-0.2, 0) is 5.88 Å². The summed E-state index contributed by atoms with van der Waals surface area (Å²) in [6.07, 6.45) is 0. The smallest absolute Gasteiger partial charge is 0.129 e. The maximum atomic E-state index is 13.3. The van der Waals surface area contributed by atoms with Gasteiger partial charge in [0.1, 0.15) is 11.6 Å². The van der Waals surface area contributed by atoms with Crippen molar-refractivity contribution in [2.75, 3.05) is 0 Å². The van der Waals surface area contributed by atoms with E-state index in [2.05, 4.69) is 37.0 Å². The summed E-state index contributed by atoms with van der Waals surface area (Å²) in [4.78, 5) is 4.42. The molecule has 20 heavy (non-hydrogen) atoms. The number of rotatable bonds is 2. The van der Waals surface area contributed by atoms with E-state index in [-0.39, 0.29) is 11.7 Å². The molecule has 0 N–H and O–H groups in total. The molecule has 102 valence electrons. The number of imidazole rings is 1. The molecule has 0 spiro atoms. The lowest BCUT2D eigenvalue weighted by Gasteiger charge is -2.10. The minimum atomic E-state index is -0.288. The van der Waals surface area contributed by atoms with Gasteiger partial charge in [0.15, 0.2) is 0 Å². The summed E-state index contributed by atoms with van der Waals surface area (Å²) in [6.45, 7) is 4.10. The van der Waals surface area contributed by atoms with E-state index < -0.39 is 0 Å². The van der Waals surface area contributed by atoms with Gasteiger partial charge >= 0.3 is 0 Å². The van der Waals surface area contributed by atoms with Crippen molar-refractivity contribution in [2.24, 2.45) is 0 Å². The first kappa shape index (κ1) is 13.1. The van der Waals surface area contributed by atoms with Crippen molar-refractivity contribution >= 4 is 22.6 Å². The maximum Gasteiger partial charge on any atom is 0.129 e. The number of aromatic nitrogens is 2. The lowest BCUT2D eigenvalue weighted by atomic mass is 10.1. The van der Waals surface area contributed by atoms with Crippen LogP contribution in [0.15, 0.2) is 36.4 Å². The SMILES string of the molecule is Cc1cc(C)cc(-n2c(CCl)nc3cc(F)ccc32)c1. The van der Waals surface area contributed by atoms with E-state index in [1.807, 2.05) is 4.57 Å². The fourth-order valence-electron chi connectivity index (χ4n) is 2.56. The van der Waals surface area contributed by atoms with E-state index in [9.17, 15) is 4.39 Å². The van der Waals surface area contributed by atoms with Crippen LogP contribution in [0.1, 0.15) is 17.0 Å². The lowest BCUT2D eigenvalue weighted by molar-refractivity contribution is 0.629. The van der Waals surface area contributed by atoms with Crippen LogP contribution in [0.2, 0.25) is 0 Å². The number of hydrogen-bond acceptors (Lipinski definition) is 1. The molecule has 4 heteroatoms. The summed E-state index contributed by atoms with van der Waals surface area (Å²) in [7, 11) is 0. The van der Waals surface area contributed by atoms with Crippen LogP contribution >= 0.6 is 11.6 Å². The monoisotopic (exact) mass is 288 g/mol. The summed E-state index contributed by atoms with van der Waals surface area (Å²) in [5.41, 5.74) is 4.84. The first-order valence-corrected chi connectivity index (χ1v) is 6.93. The number of halogens is 2. The molecule has 2 aromatic carbocycles. The normalized spacial score (nSPS) is 11.2. The van der Waals surface area contributed by atoms with Gasteiger partial charge in [0.2, 0.25) is 0 Å². The molecule has 1 aromatic heterocycles. The van der Waals surface area contributed by atoms with Gasteiger partial charge in [-0.3, -0.25) is 4.57 Å². The average Bonchev–Trinajstić information content (AvgIpc) is 2.74. The zero-order valence-corrected chi connectivity index (χ0v) is 12.1. The quantitative estimate of drug-likeness (QED) is 0.634. The van der Waals surface area contributed by atoms with E-state index in [0.29, 0.717) is 5.52 Å². The van der Waals surface area contributed by atoms with Gasteiger partial charge in [-0.2, -0.15) is 0 Å². The molecule has 0 atom stereocenters. The Balaban J connectivity index is 2.33. The predicted octanol–water partition coefficient (Wildman–Crippen LogP) is 4.52. The highest BCUT2D eigenvalue weighted by molar-refractivity contribution is 6.17. The molecule has 0 aliphatic heterocycles. The van der Waals surface area contributed by atoms with Crippen molar-refractivity contribution in [2.45, 2.75) is 19.7 Å². The minimum Gasteiger partial charge on any atom is -0.295 e. The van der Waals surface area contributed by atoms with E-state index in [1.54, 1.807) is 6.07 Å². The summed E-state index contributed by atoms with van der Waals surface area (Å²) < 4.78 is 15.3. The fraction of sp³-hybridized carbons (Fsp3) is 0.188. The van der Waals surface area contributed by atoms with E-state index >= 15 is 0 Å². The number of alkyl halides is 1. The highest BCUT2D eigenvalue weighted by Crippen LogP contribution is 2.24. The Morgan fingerprint density at radius 3 is 2.45 bits per heavy atom. The van der Waals surface area contributed by atoms with Gasteiger partial charge in [-0.05, 0) is 49.2 Å². The van der Waals surface area contributed by atoms with Crippen LogP contribution in [0.3, 0.4) is 0 Å². The second kappa shape index (κ2) is 4.91. The molecule has 0 aliphatic rings. The molecular weight excluding hydrogens is 275 g/mol. The number of hydrogen-bond donors (Lipinski definition) is 0. The van der Waals surface area contributed by atoms with Gasteiger partial charge in [0, 0.05) is 11.8 Å². The summed E-state index contributed by atoms with van der Waals surface area (Å²) >= 11 is 6.00. The van der Waals surface area contributed by atoms with Crippen molar-refractivity contribution in [3.8, 4) is 5.69 Å². The van der Waals surface area contributed by atoms with E-state index in [4.69, 9.17) is 11.6 Å². The number of benzene rings is 2. The van der Waals surface area contributed by atoms with Crippen molar-refractivity contribution in [3.63, 3.8) is 0 Å². The Bertz CT molecular complexity index is 772. The Labute approximate surface area is 121 Å². The Morgan fingerprint density at radius 1 is 1.10 bits per heavy atom. The minimum absolute atomic E-state index is 0.281. The molecule has 3 rings (SSSR count). The number of aryl methyl sites for hydroxylation is 2. The Morgan fingerprint density at radius 2 is 1.80 bits per heavy atom. The second-order valence-corrected chi connectivity index (χ2v) is 5.24. The molecule has 1 heterocycles. The standard InChI is InChI=1S/C16H14ClFN2/c1-10-5-11(2)7-13(6-10)20-15-4-3-12(18)8-14(15)19-16(20)9-17/h3-8H,9H2,1-2H3. The first-order valence-electron chi connectivity index (χ1n) is 6.40. The van der Waals surface area contributed by atoms with E-state index in [0.717, 1.165) is 17.0 Å². The molecule has 3 aromatic rings. The highest BCUT2D eigenvalue weighted by atomic mass is 35.5. The van der Waals surface area contributed by atoms with Crippen molar-refractivity contribution in [1.82, 2.24) is 9.55 Å². The molecule has 0 bridgehead atoms. The van der Waals surface area contributed by atoms with Crippen LogP contribution in [-0.4, -0.2) is 9.55 Å². The molecular formula is C16H14ClFN2. The van der Waals surface area contributed by atoms with E-state index in [1.165, 1.54) is 23.3 Å². The van der Waals surface area contributed by atoms with Crippen LogP contribution in [0, 0.1) is 19.7 Å². The molecule has 0 aliphatic carbocycles. The number of fused-ring (bicyclic) bond motifs is 1. The molecule has 0 amide bonds. The molecule has 0 saturated carbocycles. The van der Waals surface area contributed by atoms with Crippen LogP contribution < -0.4 is 0 Å². The predicted molar refractivity (Wildman–Crippen MR) is 80.1 cm³/mol. The van der Waals surface area contributed by atoms with Crippen molar-refractivity contribution in [3.05, 3.63) is 59.2 Å². The highest BCUT2D eigenvalue weighted by Gasteiger charge is 2.12.